The molecular weight excluding hydrogens is 372 g/mol. The van der Waals surface area contributed by atoms with Crippen LogP contribution in [0.25, 0.3) is 0 Å². The van der Waals surface area contributed by atoms with Gasteiger partial charge in [-0.15, -0.1) is 0 Å². The minimum Gasteiger partial charge on any atom is -0.393 e. The minimum absolute atomic E-state index is 0.0142. The van der Waals surface area contributed by atoms with Crippen LogP contribution in [0.3, 0.4) is 0 Å². The Morgan fingerprint density at radius 2 is 1.93 bits per heavy atom. The summed E-state index contributed by atoms with van der Waals surface area (Å²) >= 11 is 0. The molecule has 3 atom stereocenters. The van der Waals surface area contributed by atoms with Crippen LogP contribution in [0.2, 0.25) is 0 Å². The number of fused-ring (bicyclic) bond motifs is 3. The lowest BCUT2D eigenvalue weighted by Gasteiger charge is -2.36. The fourth-order valence-corrected chi connectivity index (χ4v) is 4.92. The van der Waals surface area contributed by atoms with Crippen molar-refractivity contribution in [3.05, 3.63) is 23.5 Å². The van der Waals surface area contributed by atoms with Gasteiger partial charge in [0.2, 0.25) is 0 Å². The second-order valence-electron chi connectivity index (χ2n) is 8.79. The number of aliphatic hydroxyl groups is 1. The quantitative estimate of drug-likeness (QED) is 0.835. The highest BCUT2D eigenvalue weighted by atomic mass is 16.5. The van der Waals surface area contributed by atoms with Crippen molar-refractivity contribution < 1.29 is 14.4 Å². The van der Waals surface area contributed by atoms with Crippen molar-refractivity contribution in [3.63, 3.8) is 0 Å². The van der Waals surface area contributed by atoms with Crippen molar-refractivity contribution in [3.8, 4) is 0 Å². The second-order valence-corrected chi connectivity index (χ2v) is 8.79. The number of nitrogens with zero attached hydrogens (tertiary/aromatic N) is 6. The van der Waals surface area contributed by atoms with Gasteiger partial charge < -0.3 is 24.0 Å². The molecule has 2 aromatic rings. The van der Waals surface area contributed by atoms with Crippen molar-refractivity contribution in [2.45, 2.75) is 76.6 Å². The van der Waals surface area contributed by atoms with Gasteiger partial charge in [0.15, 0.2) is 5.82 Å². The molecule has 0 saturated carbocycles. The van der Waals surface area contributed by atoms with Gasteiger partial charge in [0, 0.05) is 50.3 Å². The summed E-state index contributed by atoms with van der Waals surface area (Å²) in [6.07, 6.45) is 5.68. The Balaban J connectivity index is 1.29. The molecule has 5 heterocycles. The first-order chi connectivity index (χ1) is 14.0. The summed E-state index contributed by atoms with van der Waals surface area (Å²) in [5.41, 5.74) is 0.529. The molecule has 0 spiro atoms. The normalized spacial score (nSPS) is 26.7. The van der Waals surface area contributed by atoms with Crippen molar-refractivity contribution in [1.82, 2.24) is 24.6 Å². The number of hydrogen-bond acceptors (Lipinski definition) is 7. The molecule has 2 bridgehead atoms. The van der Waals surface area contributed by atoms with Crippen LogP contribution in [0.15, 0.2) is 10.7 Å². The van der Waals surface area contributed by atoms with E-state index in [4.69, 9.17) is 4.52 Å². The number of carbonyl (C=O) groups is 1. The molecule has 3 aliphatic heterocycles. The molecule has 9 nitrogen and oxygen atoms in total. The SMILES string of the molecule is CC(C)c1noc(N2CCc3nc(C(=O)N4[C@@H]5CC[C@H]4CC(O)C5)cn3CC2)n1. The van der Waals surface area contributed by atoms with Crippen molar-refractivity contribution in [2.75, 3.05) is 18.0 Å². The maximum atomic E-state index is 13.1. The second kappa shape index (κ2) is 7.12. The van der Waals surface area contributed by atoms with Gasteiger partial charge in [-0.1, -0.05) is 19.0 Å². The molecule has 0 radical (unpaired) electrons. The van der Waals surface area contributed by atoms with Gasteiger partial charge >= 0.3 is 6.01 Å². The first kappa shape index (κ1) is 18.6. The fraction of sp³-hybridized carbons (Fsp3) is 0.700. The van der Waals surface area contributed by atoms with Gasteiger partial charge in [-0.2, -0.15) is 4.98 Å². The van der Waals surface area contributed by atoms with Crippen LogP contribution in [0.5, 0.6) is 0 Å². The topological polar surface area (TPSA) is 101 Å². The van der Waals surface area contributed by atoms with Crippen molar-refractivity contribution in [1.29, 1.82) is 0 Å². The summed E-state index contributed by atoms with van der Waals surface area (Å²) < 4.78 is 7.51. The van der Waals surface area contributed by atoms with Crippen LogP contribution in [0, 0.1) is 0 Å². The molecule has 1 amide bonds. The van der Waals surface area contributed by atoms with Gasteiger partial charge in [-0.25, -0.2) is 4.98 Å². The van der Waals surface area contributed by atoms with Gasteiger partial charge in [-0.3, -0.25) is 4.79 Å². The standard InChI is InChI=1S/C20H28N6O3/c1-12(2)18-22-20(29-23-18)24-6-5-17-21-16(11-25(17)8-7-24)19(28)26-13-3-4-14(26)10-15(27)9-13/h11-15,27H,3-10H2,1-2H3/t13-,14+,15?. The maximum Gasteiger partial charge on any atom is 0.324 e. The van der Waals surface area contributed by atoms with Gasteiger partial charge in [0.1, 0.15) is 11.5 Å². The van der Waals surface area contributed by atoms with Gasteiger partial charge in [0.25, 0.3) is 5.91 Å². The summed E-state index contributed by atoms with van der Waals surface area (Å²) in [5.74, 6) is 1.88. The Morgan fingerprint density at radius 1 is 1.17 bits per heavy atom. The summed E-state index contributed by atoms with van der Waals surface area (Å²) in [7, 11) is 0. The number of imidazole rings is 1. The minimum atomic E-state index is -0.276. The fourth-order valence-electron chi connectivity index (χ4n) is 4.92. The van der Waals surface area contributed by atoms with E-state index in [1.54, 1.807) is 0 Å². The average molecular weight is 400 g/mol. The van der Waals surface area contributed by atoms with Crippen LogP contribution in [0.1, 0.15) is 67.6 Å². The molecule has 1 N–H and O–H groups in total. The molecule has 9 heteroatoms. The molecule has 2 saturated heterocycles. The Kier molecular flexibility index (Phi) is 4.57. The average Bonchev–Trinajstić information content (AvgIpc) is 3.36. The highest BCUT2D eigenvalue weighted by Gasteiger charge is 2.43. The van der Waals surface area contributed by atoms with Crippen LogP contribution >= 0.6 is 0 Å². The molecule has 1 unspecified atom stereocenters. The third-order valence-electron chi connectivity index (χ3n) is 6.46. The monoisotopic (exact) mass is 400 g/mol. The molecule has 2 fully saturated rings. The van der Waals surface area contributed by atoms with E-state index in [9.17, 15) is 9.90 Å². The summed E-state index contributed by atoms with van der Waals surface area (Å²) in [5, 5.41) is 14.0. The van der Waals surface area contributed by atoms with Crippen LogP contribution in [-0.4, -0.2) is 66.9 Å². The predicted molar refractivity (Wildman–Crippen MR) is 105 cm³/mol. The number of carbonyl (C=O) groups excluding carboxylic acids is 1. The lowest BCUT2D eigenvalue weighted by atomic mass is 9.99. The van der Waals surface area contributed by atoms with Gasteiger partial charge in [0.05, 0.1) is 6.10 Å². The van der Waals surface area contributed by atoms with E-state index >= 15 is 0 Å². The van der Waals surface area contributed by atoms with Crippen molar-refractivity contribution in [2.24, 2.45) is 0 Å². The Labute approximate surface area is 169 Å². The lowest BCUT2D eigenvalue weighted by molar-refractivity contribution is 0.0282. The summed E-state index contributed by atoms with van der Waals surface area (Å²) in [6.45, 7) is 6.27. The number of aromatic nitrogens is 4. The van der Waals surface area contributed by atoms with Crippen LogP contribution in [0.4, 0.5) is 6.01 Å². The third-order valence-corrected chi connectivity index (χ3v) is 6.46. The molecule has 29 heavy (non-hydrogen) atoms. The Bertz CT molecular complexity index is 866. The smallest absolute Gasteiger partial charge is 0.324 e. The highest BCUT2D eigenvalue weighted by molar-refractivity contribution is 5.93. The number of piperidine rings is 1. The van der Waals surface area contributed by atoms with E-state index in [1.165, 1.54) is 0 Å². The molecule has 5 rings (SSSR count). The largest absolute Gasteiger partial charge is 0.393 e. The zero-order valence-electron chi connectivity index (χ0n) is 17.0. The Hall–Kier alpha value is -2.42. The first-order valence-corrected chi connectivity index (χ1v) is 10.6. The van der Waals surface area contributed by atoms with Crippen molar-refractivity contribution >= 4 is 11.9 Å². The highest BCUT2D eigenvalue weighted by Crippen LogP contribution is 2.36. The third kappa shape index (κ3) is 3.31. The number of hydrogen-bond donors (Lipinski definition) is 1. The maximum absolute atomic E-state index is 13.1. The number of anilines is 1. The number of aliphatic hydroxyl groups excluding tert-OH is 1. The molecular formula is C20H28N6O3. The molecule has 3 aliphatic rings. The molecule has 2 aromatic heterocycles. The van der Waals surface area contributed by atoms with Gasteiger partial charge in [-0.05, 0) is 25.7 Å². The zero-order valence-corrected chi connectivity index (χ0v) is 17.0. The lowest BCUT2D eigenvalue weighted by Crippen LogP contribution is -2.48. The van der Waals surface area contributed by atoms with Crippen LogP contribution in [-0.2, 0) is 13.0 Å². The Morgan fingerprint density at radius 3 is 2.62 bits per heavy atom. The number of amides is 1. The number of rotatable bonds is 3. The van der Waals surface area contributed by atoms with E-state index in [0.717, 1.165) is 50.5 Å². The van der Waals surface area contributed by atoms with E-state index in [-0.39, 0.29) is 30.0 Å². The summed E-state index contributed by atoms with van der Waals surface area (Å²) in [4.78, 5) is 26.4. The van der Waals surface area contributed by atoms with E-state index in [0.29, 0.717) is 24.6 Å². The predicted octanol–water partition coefficient (Wildman–Crippen LogP) is 1.58. The molecule has 0 aromatic carbocycles. The molecule has 0 aliphatic carbocycles. The van der Waals surface area contributed by atoms with E-state index in [1.807, 2.05) is 24.9 Å². The first-order valence-electron chi connectivity index (χ1n) is 10.6. The van der Waals surface area contributed by atoms with Crippen LogP contribution < -0.4 is 4.90 Å². The zero-order chi connectivity index (χ0) is 20.1. The van der Waals surface area contributed by atoms with E-state index in [2.05, 4.69) is 24.6 Å². The molecule has 156 valence electrons. The summed E-state index contributed by atoms with van der Waals surface area (Å²) in [6, 6.07) is 0.862. The van der Waals surface area contributed by atoms with E-state index < -0.39 is 0 Å².